The van der Waals surface area contributed by atoms with Crippen LogP contribution in [0.2, 0.25) is 0 Å². The van der Waals surface area contributed by atoms with Crippen molar-refractivity contribution in [2.45, 2.75) is 57.9 Å². The third-order valence-corrected chi connectivity index (χ3v) is 9.36. The SMILES string of the molecule is COc1cc(CC(=O)N2C[C@H](OCc3ccccc3)C[C@H]2C(=O)N2CCN(C(C)(C)C(=O)O)CC2)ccc1NC(=O)Nc1ccccc1C. The number of likely N-dealkylation sites (tertiary alicyclic amines) is 1. The molecular weight excluding hydrogens is 626 g/mol. The summed E-state index contributed by atoms with van der Waals surface area (Å²) in [4.78, 5) is 57.6. The summed E-state index contributed by atoms with van der Waals surface area (Å²) < 4.78 is 11.8. The van der Waals surface area contributed by atoms with Crippen molar-refractivity contribution < 1.29 is 33.8 Å². The Labute approximate surface area is 287 Å². The fourth-order valence-corrected chi connectivity index (χ4v) is 6.26. The number of nitrogens with zero attached hydrogens (tertiary/aromatic N) is 3. The Morgan fingerprint density at radius 2 is 1.55 bits per heavy atom. The maximum absolute atomic E-state index is 14.0. The molecule has 3 aromatic carbocycles. The molecule has 2 heterocycles. The molecule has 0 radical (unpaired) electrons. The topological polar surface area (TPSA) is 141 Å². The van der Waals surface area contributed by atoms with Crippen LogP contribution in [-0.2, 0) is 32.1 Å². The fraction of sp³-hybridized carbons (Fsp3) is 0.405. The van der Waals surface area contributed by atoms with Crippen LogP contribution in [0.3, 0.4) is 0 Å². The Hall–Kier alpha value is -4.94. The predicted octanol–water partition coefficient (Wildman–Crippen LogP) is 4.38. The number of aryl methyl sites for hydroxylation is 1. The first kappa shape index (κ1) is 35.4. The molecule has 4 amide bonds. The summed E-state index contributed by atoms with van der Waals surface area (Å²) in [6.45, 7) is 7.43. The summed E-state index contributed by atoms with van der Waals surface area (Å²) in [6, 6.07) is 21.2. The number of rotatable bonds is 11. The van der Waals surface area contributed by atoms with E-state index < -0.39 is 23.6 Å². The number of amides is 4. The smallest absolute Gasteiger partial charge is 0.323 e. The van der Waals surface area contributed by atoms with Crippen molar-refractivity contribution in [1.29, 1.82) is 0 Å². The van der Waals surface area contributed by atoms with E-state index in [9.17, 15) is 24.3 Å². The number of hydrogen-bond donors (Lipinski definition) is 3. The quantitative estimate of drug-likeness (QED) is 0.273. The molecule has 2 saturated heterocycles. The van der Waals surface area contributed by atoms with Crippen LogP contribution in [0.1, 0.15) is 37.0 Å². The van der Waals surface area contributed by atoms with Gasteiger partial charge in [-0.3, -0.25) is 19.3 Å². The van der Waals surface area contributed by atoms with Crippen molar-refractivity contribution in [3.05, 3.63) is 89.5 Å². The number of benzene rings is 3. The Balaban J connectivity index is 1.27. The summed E-state index contributed by atoms with van der Waals surface area (Å²) >= 11 is 0. The van der Waals surface area contributed by atoms with Crippen molar-refractivity contribution >= 4 is 35.2 Å². The maximum Gasteiger partial charge on any atom is 0.323 e. The first-order valence-electron chi connectivity index (χ1n) is 16.5. The number of anilines is 2. The average Bonchev–Trinajstić information content (AvgIpc) is 3.53. The number of nitrogens with one attached hydrogen (secondary N) is 2. The lowest BCUT2D eigenvalue weighted by atomic mass is 10.0. The van der Waals surface area contributed by atoms with Crippen LogP contribution in [0.15, 0.2) is 72.8 Å². The monoisotopic (exact) mass is 671 g/mol. The minimum atomic E-state index is -1.04. The highest BCUT2D eigenvalue weighted by Crippen LogP contribution is 2.29. The molecule has 2 aliphatic rings. The highest BCUT2D eigenvalue weighted by Gasteiger charge is 2.43. The summed E-state index contributed by atoms with van der Waals surface area (Å²) in [6.07, 6.45) is 0.0422. The van der Waals surface area contributed by atoms with Crippen LogP contribution in [0.5, 0.6) is 5.75 Å². The van der Waals surface area contributed by atoms with Gasteiger partial charge < -0.3 is 35.0 Å². The zero-order valence-electron chi connectivity index (χ0n) is 28.5. The van der Waals surface area contributed by atoms with Gasteiger partial charge >= 0.3 is 12.0 Å². The third-order valence-electron chi connectivity index (χ3n) is 9.36. The normalized spacial score (nSPS) is 18.2. The molecule has 0 spiro atoms. The van der Waals surface area contributed by atoms with Crippen molar-refractivity contribution in [2.24, 2.45) is 0 Å². The van der Waals surface area contributed by atoms with E-state index in [1.165, 1.54) is 7.11 Å². The van der Waals surface area contributed by atoms with Crippen molar-refractivity contribution in [2.75, 3.05) is 50.5 Å². The molecular formula is C37H45N5O7. The molecule has 0 aromatic heterocycles. The van der Waals surface area contributed by atoms with E-state index in [0.29, 0.717) is 61.9 Å². The second-order valence-electron chi connectivity index (χ2n) is 13.0. The lowest BCUT2D eigenvalue weighted by Crippen LogP contribution is -2.60. The summed E-state index contributed by atoms with van der Waals surface area (Å²) in [7, 11) is 1.49. The van der Waals surface area contributed by atoms with E-state index >= 15 is 0 Å². The number of carbonyl (C=O) groups is 4. The van der Waals surface area contributed by atoms with Crippen LogP contribution in [0, 0.1) is 6.92 Å². The van der Waals surface area contributed by atoms with Gasteiger partial charge in [-0.2, -0.15) is 0 Å². The Bertz CT molecular complexity index is 1660. The predicted molar refractivity (Wildman–Crippen MR) is 186 cm³/mol. The summed E-state index contributed by atoms with van der Waals surface area (Å²) in [5.74, 6) is -0.909. The van der Waals surface area contributed by atoms with E-state index in [2.05, 4.69) is 10.6 Å². The number of carbonyl (C=O) groups excluding carboxylic acids is 3. The standard InChI is InChI=1S/C37H45N5O7/c1-25-10-8-9-13-29(25)38-36(47)39-30-15-14-27(20-32(30)48-4)21-33(43)42-23-28(49-24-26-11-6-5-7-12-26)22-31(42)34(44)40-16-18-41(19-17-40)37(2,3)35(45)46/h5-15,20,28,31H,16-19,21-24H2,1-4H3,(H,45,46)(H2,38,39,47)/t28-,31+/m1/s1. The molecule has 49 heavy (non-hydrogen) atoms. The zero-order chi connectivity index (χ0) is 35.1. The summed E-state index contributed by atoms with van der Waals surface area (Å²) in [5.41, 5.74) is 2.68. The second-order valence-corrected chi connectivity index (χ2v) is 13.0. The molecule has 5 rings (SSSR count). The van der Waals surface area contributed by atoms with Crippen LogP contribution in [0.4, 0.5) is 16.2 Å². The van der Waals surface area contributed by atoms with Gasteiger partial charge in [-0.05, 0) is 55.7 Å². The first-order valence-corrected chi connectivity index (χ1v) is 16.5. The van der Waals surface area contributed by atoms with Crippen molar-refractivity contribution in [1.82, 2.24) is 14.7 Å². The van der Waals surface area contributed by atoms with Crippen LogP contribution >= 0.6 is 0 Å². The van der Waals surface area contributed by atoms with Gasteiger partial charge in [0.05, 0.1) is 31.9 Å². The Morgan fingerprint density at radius 3 is 2.22 bits per heavy atom. The second kappa shape index (κ2) is 15.5. The summed E-state index contributed by atoms with van der Waals surface area (Å²) in [5, 5.41) is 15.3. The van der Waals surface area contributed by atoms with E-state index in [-0.39, 0.29) is 30.9 Å². The lowest BCUT2D eigenvalue weighted by Gasteiger charge is -2.42. The first-order chi connectivity index (χ1) is 23.5. The molecule has 0 saturated carbocycles. The molecule has 3 aromatic rings. The van der Waals surface area contributed by atoms with E-state index in [0.717, 1.165) is 11.1 Å². The Kier molecular flexibility index (Phi) is 11.2. The van der Waals surface area contributed by atoms with Gasteiger partial charge in [0.25, 0.3) is 0 Å². The molecule has 2 atom stereocenters. The number of aliphatic carboxylic acids is 1. The van der Waals surface area contributed by atoms with E-state index in [1.54, 1.807) is 41.8 Å². The number of carboxylic acid groups (broad SMARTS) is 1. The van der Waals surface area contributed by atoms with Gasteiger partial charge in [0.2, 0.25) is 11.8 Å². The van der Waals surface area contributed by atoms with E-state index in [4.69, 9.17) is 9.47 Å². The van der Waals surface area contributed by atoms with Crippen LogP contribution in [-0.4, -0.2) is 101 Å². The number of hydrogen-bond acceptors (Lipinski definition) is 7. The number of para-hydroxylation sites is 1. The number of ether oxygens (including phenoxy) is 2. The van der Waals surface area contributed by atoms with Gasteiger partial charge in [0.1, 0.15) is 17.3 Å². The number of piperazine rings is 1. The molecule has 3 N–H and O–H groups in total. The molecule has 0 unspecified atom stereocenters. The number of carboxylic acids is 1. The largest absolute Gasteiger partial charge is 0.495 e. The molecule has 12 heteroatoms. The van der Waals surface area contributed by atoms with E-state index in [1.807, 2.05) is 66.4 Å². The highest BCUT2D eigenvalue weighted by atomic mass is 16.5. The average molecular weight is 672 g/mol. The van der Waals surface area contributed by atoms with Gasteiger partial charge in [0, 0.05) is 44.8 Å². The van der Waals surface area contributed by atoms with Crippen molar-refractivity contribution in [3.63, 3.8) is 0 Å². The lowest BCUT2D eigenvalue weighted by molar-refractivity contribution is -0.152. The number of methoxy groups -OCH3 is 1. The van der Waals surface area contributed by atoms with Gasteiger partial charge in [-0.1, -0.05) is 54.6 Å². The highest BCUT2D eigenvalue weighted by molar-refractivity contribution is 6.01. The Morgan fingerprint density at radius 1 is 0.878 bits per heavy atom. The molecule has 0 aliphatic carbocycles. The fourth-order valence-electron chi connectivity index (χ4n) is 6.26. The van der Waals surface area contributed by atoms with Gasteiger partial charge in [-0.15, -0.1) is 0 Å². The maximum atomic E-state index is 14.0. The molecule has 2 fully saturated rings. The third kappa shape index (κ3) is 8.57. The van der Waals surface area contributed by atoms with Crippen molar-refractivity contribution in [3.8, 4) is 5.75 Å². The van der Waals surface area contributed by atoms with Gasteiger partial charge in [-0.25, -0.2) is 4.79 Å². The minimum absolute atomic E-state index is 0.0157. The minimum Gasteiger partial charge on any atom is -0.495 e. The van der Waals surface area contributed by atoms with Crippen LogP contribution < -0.4 is 15.4 Å². The molecule has 0 bridgehead atoms. The molecule has 260 valence electrons. The number of urea groups is 1. The molecule has 2 aliphatic heterocycles. The van der Waals surface area contributed by atoms with Gasteiger partial charge in [0.15, 0.2) is 0 Å². The van der Waals surface area contributed by atoms with Crippen LogP contribution in [0.25, 0.3) is 0 Å². The zero-order valence-corrected chi connectivity index (χ0v) is 28.5. The molecule has 12 nitrogen and oxygen atoms in total.